The first-order valence-corrected chi connectivity index (χ1v) is 6.51. The Morgan fingerprint density at radius 3 is 3.00 bits per heavy atom. The topological polar surface area (TPSA) is 41.1 Å². The first-order valence-electron chi connectivity index (χ1n) is 5.46. The van der Waals surface area contributed by atoms with E-state index in [1.54, 1.807) is 0 Å². The lowest BCUT2D eigenvalue weighted by Crippen LogP contribution is -2.38. The minimum absolute atomic E-state index is 0.00838. The Kier molecular flexibility index (Phi) is 5.83. The average Bonchev–Trinajstić information content (AvgIpc) is 2.68. The molecule has 1 fully saturated rings. The predicted molar refractivity (Wildman–Crippen MR) is 61.8 cm³/mol. The second kappa shape index (κ2) is 6.98. The van der Waals surface area contributed by atoms with Crippen molar-refractivity contribution < 1.29 is 4.79 Å². The van der Waals surface area contributed by atoms with Crippen molar-refractivity contribution in [2.75, 3.05) is 18.8 Å². The lowest BCUT2D eigenvalue weighted by molar-refractivity contribution is 0.240. The van der Waals surface area contributed by atoms with Gasteiger partial charge in [-0.25, -0.2) is 4.79 Å². The molecule has 3 nitrogen and oxygen atoms in total. The van der Waals surface area contributed by atoms with Gasteiger partial charge in [-0.05, 0) is 25.0 Å². The number of unbranched alkanes of at least 4 members (excludes halogenated alkanes) is 1. The normalized spacial score (nSPS) is 20.8. The van der Waals surface area contributed by atoms with Crippen LogP contribution >= 0.6 is 11.8 Å². The van der Waals surface area contributed by atoms with Crippen LogP contribution in [0.2, 0.25) is 0 Å². The van der Waals surface area contributed by atoms with Gasteiger partial charge in [0.05, 0.1) is 0 Å². The van der Waals surface area contributed by atoms with E-state index in [1.165, 1.54) is 18.6 Å². The minimum atomic E-state index is -0.00838. The molecule has 4 heteroatoms. The zero-order chi connectivity index (χ0) is 10.2. The Morgan fingerprint density at radius 1 is 1.50 bits per heavy atom. The number of hydrogen-bond donors (Lipinski definition) is 2. The molecule has 1 aliphatic heterocycles. The molecule has 0 aromatic heterocycles. The van der Waals surface area contributed by atoms with Crippen LogP contribution in [-0.4, -0.2) is 30.1 Å². The molecule has 0 aromatic rings. The number of thioether (sulfide) groups is 1. The highest BCUT2D eigenvalue weighted by atomic mass is 32.2. The Hall–Kier alpha value is -0.380. The monoisotopic (exact) mass is 216 g/mol. The van der Waals surface area contributed by atoms with Crippen LogP contribution in [0.5, 0.6) is 0 Å². The molecule has 1 atom stereocenters. The van der Waals surface area contributed by atoms with Gasteiger partial charge in [-0.2, -0.15) is 11.8 Å². The first kappa shape index (κ1) is 11.7. The van der Waals surface area contributed by atoms with E-state index >= 15 is 0 Å². The first-order chi connectivity index (χ1) is 6.83. The summed E-state index contributed by atoms with van der Waals surface area (Å²) < 4.78 is 0. The summed E-state index contributed by atoms with van der Waals surface area (Å²) >= 11 is 1.97. The van der Waals surface area contributed by atoms with Crippen LogP contribution < -0.4 is 10.6 Å². The van der Waals surface area contributed by atoms with Gasteiger partial charge in [0.25, 0.3) is 0 Å². The number of carbonyl (C=O) groups is 1. The molecular weight excluding hydrogens is 196 g/mol. The van der Waals surface area contributed by atoms with Crippen molar-refractivity contribution in [1.29, 1.82) is 0 Å². The van der Waals surface area contributed by atoms with Crippen LogP contribution in [0.4, 0.5) is 4.79 Å². The van der Waals surface area contributed by atoms with Gasteiger partial charge in [0.15, 0.2) is 0 Å². The van der Waals surface area contributed by atoms with Crippen LogP contribution in [0.3, 0.4) is 0 Å². The van der Waals surface area contributed by atoms with E-state index in [9.17, 15) is 4.79 Å². The van der Waals surface area contributed by atoms with Gasteiger partial charge in [-0.15, -0.1) is 0 Å². The Labute approximate surface area is 90.4 Å². The summed E-state index contributed by atoms with van der Waals surface area (Å²) in [5.74, 6) is 1.25. The molecule has 14 heavy (non-hydrogen) atoms. The maximum atomic E-state index is 11.2. The van der Waals surface area contributed by atoms with Crippen LogP contribution in [0.25, 0.3) is 0 Å². The summed E-state index contributed by atoms with van der Waals surface area (Å²) in [5.41, 5.74) is 0. The third-order valence-corrected chi connectivity index (χ3v) is 3.73. The van der Waals surface area contributed by atoms with Gasteiger partial charge in [0, 0.05) is 18.3 Å². The number of carbonyl (C=O) groups excluding carboxylic acids is 1. The summed E-state index contributed by atoms with van der Waals surface area (Å²) in [4.78, 5) is 11.2. The fourth-order valence-corrected chi connectivity index (χ4v) is 2.65. The number of amides is 2. The van der Waals surface area contributed by atoms with Crippen molar-refractivity contribution in [3.8, 4) is 0 Å². The van der Waals surface area contributed by atoms with Crippen molar-refractivity contribution in [1.82, 2.24) is 10.6 Å². The molecule has 1 heterocycles. The zero-order valence-electron chi connectivity index (χ0n) is 8.84. The van der Waals surface area contributed by atoms with Crippen molar-refractivity contribution >= 4 is 17.8 Å². The lowest BCUT2D eigenvalue weighted by atomic mass is 10.2. The second-order valence-corrected chi connectivity index (χ2v) is 5.03. The van der Waals surface area contributed by atoms with Crippen LogP contribution in [0.15, 0.2) is 0 Å². The molecule has 2 amide bonds. The van der Waals surface area contributed by atoms with Gasteiger partial charge >= 0.3 is 6.03 Å². The van der Waals surface area contributed by atoms with Crippen LogP contribution in [0, 0.1) is 0 Å². The van der Waals surface area contributed by atoms with Crippen molar-refractivity contribution in [3.63, 3.8) is 0 Å². The maximum Gasteiger partial charge on any atom is 0.314 e. The molecule has 0 spiro atoms. The van der Waals surface area contributed by atoms with E-state index in [0.717, 1.165) is 25.9 Å². The van der Waals surface area contributed by atoms with Gasteiger partial charge in [0.2, 0.25) is 0 Å². The molecular formula is C10H20N2OS. The largest absolute Gasteiger partial charge is 0.338 e. The van der Waals surface area contributed by atoms with E-state index in [0.29, 0.717) is 5.25 Å². The fourth-order valence-electron chi connectivity index (χ4n) is 1.45. The molecule has 0 saturated carbocycles. The standard InChI is InChI=1S/C10H20N2OS/c1-2-3-6-11-10(13)12-8-9-5-4-7-14-9/h9H,2-8H2,1H3,(H2,11,12,13). The average molecular weight is 216 g/mol. The molecule has 0 bridgehead atoms. The van der Waals surface area contributed by atoms with E-state index in [-0.39, 0.29) is 6.03 Å². The van der Waals surface area contributed by atoms with Crippen LogP contribution in [0.1, 0.15) is 32.6 Å². The van der Waals surface area contributed by atoms with Gasteiger partial charge in [-0.3, -0.25) is 0 Å². The van der Waals surface area contributed by atoms with E-state index in [4.69, 9.17) is 0 Å². The zero-order valence-corrected chi connectivity index (χ0v) is 9.66. The number of nitrogens with one attached hydrogen (secondary N) is 2. The Balaban J connectivity index is 1.96. The predicted octanol–water partition coefficient (Wildman–Crippen LogP) is 1.98. The molecule has 1 unspecified atom stereocenters. The SMILES string of the molecule is CCCCNC(=O)NCC1CCCS1. The van der Waals surface area contributed by atoms with Gasteiger partial charge in [0.1, 0.15) is 0 Å². The van der Waals surface area contributed by atoms with E-state index < -0.39 is 0 Å². The molecule has 0 aromatic carbocycles. The molecule has 0 radical (unpaired) electrons. The summed E-state index contributed by atoms with van der Waals surface area (Å²) in [6.45, 7) is 3.73. The molecule has 82 valence electrons. The van der Waals surface area contributed by atoms with E-state index in [1.807, 2.05) is 11.8 Å². The maximum absolute atomic E-state index is 11.2. The summed E-state index contributed by atoms with van der Waals surface area (Å²) in [6.07, 6.45) is 4.73. The Bertz CT molecular complexity index is 170. The smallest absolute Gasteiger partial charge is 0.314 e. The van der Waals surface area contributed by atoms with Crippen molar-refractivity contribution in [2.45, 2.75) is 37.9 Å². The lowest BCUT2D eigenvalue weighted by Gasteiger charge is -2.10. The van der Waals surface area contributed by atoms with E-state index in [2.05, 4.69) is 17.6 Å². The minimum Gasteiger partial charge on any atom is -0.338 e. The third kappa shape index (κ3) is 4.74. The quantitative estimate of drug-likeness (QED) is 0.690. The highest BCUT2D eigenvalue weighted by Crippen LogP contribution is 2.24. The number of urea groups is 1. The fraction of sp³-hybridized carbons (Fsp3) is 0.900. The molecule has 2 N–H and O–H groups in total. The summed E-state index contributed by atoms with van der Waals surface area (Å²) in [5, 5.41) is 6.41. The number of rotatable bonds is 5. The van der Waals surface area contributed by atoms with Crippen molar-refractivity contribution in [2.24, 2.45) is 0 Å². The molecule has 0 aliphatic carbocycles. The highest BCUT2D eigenvalue weighted by Gasteiger charge is 2.15. The summed E-state index contributed by atoms with van der Waals surface area (Å²) in [7, 11) is 0. The van der Waals surface area contributed by atoms with Crippen LogP contribution in [-0.2, 0) is 0 Å². The van der Waals surface area contributed by atoms with Gasteiger partial charge < -0.3 is 10.6 Å². The third-order valence-electron chi connectivity index (χ3n) is 2.33. The summed E-state index contributed by atoms with van der Waals surface area (Å²) in [6, 6.07) is -0.00838. The Morgan fingerprint density at radius 2 is 2.36 bits per heavy atom. The molecule has 1 aliphatic rings. The molecule has 1 saturated heterocycles. The van der Waals surface area contributed by atoms with Gasteiger partial charge in [-0.1, -0.05) is 13.3 Å². The molecule has 1 rings (SSSR count). The van der Waals surface area contributed by atoms with Crippen molar-refractivity contribution in [3.05, 3.63) is 0 Å². The second-order valence-electron chi connectivity index (χ2n) is 3.63. The number of hydrogen-bond acceptors (Lipinski definition) is 2. The highest BCUT2D eigenvalue weighted by molar-refractivity contribution is 8.00.